The summed E-state index contributed by atoms with van der Waals surface area (Å²) >= 11 is 1.38. The smallest absolute Gasteiger partial charge is 0.258 e. The number of carbonyl (C=O) groups excluding carboxylic acids is 1. The Kier molecular flexibility index (Phi) is 5.11. The number of aromatic nitrogens is 1. The van der Waals surface area contributed by atoms with Gasteiger partial charge in [0.05, 0.1) is 21.1 Å². The number of hydrogen-bond acceptors (Lipinski definition) is 4. The van der Waals surface area contributed by atoms with Gasteiger partial charge in [-0.3, -0.25) is 10.1 Å². The van der Waals surface area contributed by atoms with E-state index in [-0.39, 0.29) is 11.3 Å². The highest BCUT2D eigenvalue weighted by Crippen LogP contribution is 2.30. The van der Waals surface area contributed by atoms with E-state index in [2.05, 4.69) is 10.3 Å². The second-order valence-corrected chi connectivity index (χ2v) is 5.88. The first kappa shape index (κ1) is 16.0. The summed E-state index contributed by atoms with van der Waals surface area (Å²) in [4.78, 5) is 26.4. The first-order valence-electron chi connectivity index (χ1n) is 6.72. The number of pyridine rings is 1. The van der Waals surface area contributed by atoms with Gasteiger partial charge in [-0.15, -0.1) is 11.8 Å². The van der Waals surface area contributed by atoms with Gasteiger partial charge in [0.2, 0.25) is 0 Å². The van der Waals surface area contributed by atoms with Gasteiger partial charge in [-0.25, -0.2) is 15.1 Å². The number of H-pyrrole nitrogens is 1. The lowest BCUT2D eigenvalue weighted by Crippen LogP contribution is -2.21. The van der Waals surface area contributed by atoms with Crippen LogP contribution in [0.3, 0.4) is 0 Å². The van der Waals surface area contributed by atoms with Gasteiger partial charge in [0, 0.05) is 12.1 Å². The summed E-state index contributed by atoms with van der Waals surface area (Å²) in [6.07, 6.45) is 0. The molecule has 0 bridgehead atoms. The molecular formula is C15H16N3O3S+. The second kappa shape index (κ2) is 7.04. The molecule has 0 aliphatic carbocycles. The Morgan fingerprint density at radius 3 is 2.77 bits per heavy atom. The van der Waals surface area contributed by atoms with Crippen molar-refractivity contribution < 1.29 is 14.7 Å². The average Bonchev–Trinajstić information content (AvgIpc) is 2.47. The maximum atomic E-state index is 12.2. The Balaban J connectivity index is 2.26. The summed E-state index contributed by atoms with van der Waals surface area (Å²) in [7, 11) is 0. The number of aromatic amines is 1. The van der Waals surface area contributed by atoms with Crippen molar-refractivity contribution in [3.63, 3.8) is 0 Å². The van der Waals surface area contributed by atoms with Crippen molar-refractivity contribution in [2.24, 2.45) is 0 Å². The van der Waals surface area contributed by atoms with E-state index in [0.29, 0.717) is 10.7 Å². The minimum atomic E-state index is -0.465. The number of nitrogens with zero attached hydrogens (tertiary/aromatic N) is 1. The molecule has 1 amide bonds. The van der Waals surface area contributed by atoms with Crippen LogP contribution in [0, 0.1) is 17.0 Å². The SMILES string of the molecule is CCSc1ccc(C(=O)Nc2cccc(C)[nH+]2)cc1[N+](=O)[O-]. The standard InChI is InChI=1S/C15H15N3O3S/c1-3-22-13-8-7-11(9-12(13)18(20)21)15(19)17-14-6-4-5-10(2)16-14/h4-9H,3H2,1-2H3,(H,16,17,19)/p+1. The van der Waals surface area contributed by atoms with Gasteiger partial charge in [-0.2, -0.15) is 0 Å². The van der Waals surface area contributed by atoms with Crippen LogP contribution in [0.15, 0.2) is 41.3 Å². The Hall–Kier alpha value is -2.41. The molecule has 0 saturated carbocycles. The fourth-order valence-electron chi connectivity index (χ4n) is 1.93. The maximum Gasteiger partial charge on any atom is 0.339 e. The molecule has 2 N–H and O–H groups in total. The summed E-state index contributed by atoms with van der Waals surface area (Å²) in [5.74, 6) is 0.877. The van der Waals surface area contributed by atoms with Gasteiger partial charge in [0.1, 0.15) is 0 Å². The highest BCUT2D eigenvalue weighted by molar-refractivity contribution is 7.99. The van der Waals surface area contributed by atoms with Crippen molar-refractivity contribution in [1.82, 2.24) is 0 Å². The van der Waals surface area contributed by atoms with Crippen LogP contribution in [0.25, 0.3) is 0 Å². The van der Waals surface area contributed by atoms with Crippen molar-refractivity contribution in [2.75, 3.05) is 11.1 Å². The number of hydrogen-bond donors (Lipinski definition) is 1. The summed E-state index contributed by atoms with van der Waals surface area (Å²) in [6, 6.07) is 9.92. The Morgan fingerprint density at radius 2 is 2.14 bits per heavy atom. The number of amides is 1. The summed E-state index contributed by atoms with van der Waals surface area (Å²) in [5.41, 5.74) is 1.10. The number of thioether (sulfide) groups is 1. The minimum absolute atomic E-state index is 0.0484. The van der Waals surface area contributed by atoms with Crippen LogP contribution in [-0.2, 0) is 0 Å². The third-order valence-corrected chi connectivity index (χ3v) is 3.85. The molecule has 0 aliphatic rings. The van der Waals surface area contributed by atoms with E-state index in [1.54, 1.807) is 18.2 Å². The third-order valence-electron chi connectivity index (χ3n) is 2.91. The quantitative estimate of drug-likeness (QED) is 0.521. The van der Waals surface area contributed by atoms with Crippen molar-refractivity contribution in [2.45, 2.75) is 18.7 Å². The van der Waals surface area contributed by atoms with Crippen LogP contribution < -0.4 is 10.3 Å². The number of benzene rings is 1. The first-order chi connectivity index (χ1) is 10.5. The van der Waals surface area contributed by atoms with Gasteiger partial charge < -0.3 is 0 Å². The molecule has 7 heteroatoms. The lowest BCUT2D eigenvalue weighted by atomic mass is 10.2. The van der Waals surface area contributed by atoms with Crippen molar-refractivity contribution in [3.8, 4) is 0 Å². The summed E-state index contributed by atoms with van der Waals surface area (Å²) in [5, 5.41) is 13.8. The molecule has 1 aromatic heterocycles. The van der Waals surface area contributed by atoms with Gasteiger partial charge in [0.15, 0.2) is 0 Å². The van der Waals surface area contributed by atoms with E-state index in [4.69, 9.17) is 0 Å². The van der Waals surface area contributed by atoms with E-state index < -0.39 is 10.8 Å². The second-order valence-electron chi connectivity index (χ2n) is 4.57. The molecule has 0 saturated heterocycles. The van der Waals surface area contributed by atoms with E-state index in [0.717, 1.165) is 11.4 Å². The number of nitro groups is 1. The Morgan fingerprint density at radius 1 is 1.36 bits per heavy atom. The number of nitro benzene ring substituents is 1. The molecule has 22 heavy (non-hydrogen) atoms. The summed E-state index contributed by atoms with van der Waals surface area (Å²) in [6.45, 7) is 3.79. The lowest BCUT2D eigenvalue weighted by molar-refractivity contribution is -0.387. The van der Waals surface area contributed by atoms with E-state index in [1.165, 1.54) is 17.8 Å². The highest BCUT2D eigenvalue weighted by Gasteiger charge is 2.20. The van der Waals surface area contributed by atoms with Crippen LogP contribution in [0.1, 0.15) is 23.0 Å². The molecule has 1 heterocycles. The van der Waals surface area contributed by atoms with Gasteiger partial charge in [-0.1, -0.05) is 13.0 Å². The zero-order valence-electron chi connectivity index (χ0n) is 12.3. The maximum absolute atomic E-state index is 12.2. The normalized spacial score (nSPS) is 10.3. The lowest BCUT2D eigenvalue weighted by Gasteiger charge is -2.03. The zero-order valence-corrected chi connectivity index (χ0v) is 13.1. The fourth-order valence-corrected chi connectivity index (χ4v) is 2.69. The zero-order chi connectivity index (χ0) is 16.1. The van der Waals surface area contributed by atoms with Crippen LogP contribution in [0.5, 0.6) is 0 Å². The van der Waals surface area contributed by atoms with Gasteiger partial charge in [0.25, 0.3) is 11.5 Å². The van der Waals surface area contributed by atoms with Gasteiger partial charge in [-0.05, 0) is 30.9 Å². The highest BCUT2D eigenvalue weighted by atomic mass is 32.2. The molecule has 0 aliphatic heterocycles. The van der Waals surface area contributed by atoms with E-state index in [9.17, 15) is 14.9 Å². The molecule has 6 nitrogen and oxygen atoms in total. The molecule has 0 spiro atoms. The first-order valence-corrected chi connectivity index (χ1v) is 7.71. The molecule has 1 aromatic carbocycles. The van der Waals surface area contributed by atoms with E-state index in [1.807, 2.05) is 26.0 Å². The average molecular weight is 318 g/mol. The van der Waals surface area contributed by atoms with Crippen molar-refractivity contribution >= 4 is 29.2 Å². The number of carbonyl (C=O) groups is 1. The fraction of sp³-hybridized carbons (Fsp3) is 0.200. The predicted molar refractivity (Wildman–Crippen MR) is 85.2 cm³/mol. The topological polar surface area (TPSA) is 86.4 Å². The predicted octanol–water partition coefficient (Wildman–Crippen LogP) is 3.08. The molecular weight excluding hydrogens is 302 g/mol. The van der Waals surface area contributed by atoms with Crippen molar-refractivity contribution in [1.29, 1.82) is 0 Å². The number of rotatable bonds is 5. The largest absolute Gasteiger partial charge is 0.339 e. The van der Waals surface area contributed by atoms with Gasteiger partial charge >= 0.3 is 5.91 Å². The van der Waals surface area contributed by atoms with Crippen LogP contribution >= 0.6 is 11.8 Å². The van der Waals surface area contributed by atoms with E-state index >= 15 is 0 Å². The Labute approximate surface area is 132 Å². The Bertz CT molecular complexity index is 719. The minimum Gasteiger partial charge on any atom is -0.258 e. The van der Waals surface area contributed by atoms with Crippen LogP contribution in [0.4, 0.5) is 11.5 Å². The molecule has 2 rings (SSSR count). The van der Waals surface area contributed by atoms with Crippen LogP contribution in [0.2, 0.25) is 0 Å². The molecule has 0 atom stereocenters. The monoisotopic (exact) mass is 318 g/mol. The third kappa shape index (κ3) is 3.82. The van der Waals surface area contributed by atoms with Crippen molar-refractivity contribution in [3.05, 3.63) is 57.8 Å². The molecule has 0 radical (unpaired) electrons. The molecule has 2 aromatic rings. The number of anilines is 1. The number of aryl methyl sites for hydroxylation is 1. The van der Waals surface area contributed by atoms with Crippen LogP contribution in [-0.4, -0.2) is 16.6 Å². The molecule has 0 fully saturated rings. The molecule has 0 unspecified atom stereocenters. The summed E-state index contributed by atoms with van der Waals surface area (Å²) < 4.78 is 0. The number of nitrogens with one attached hydrogen (secondary N) is 2. The molecule has 114 valence electrons.